The van der Waals surface area contributed by atoms with Gasteiger partial charge in [0.1, 0.15) is 10.8 Å². The number of rotatable bonds is 2. The van der Waals surface area contributed by atoms with Gasteiger partial charge in [0.25, 0.3) is 0 Å². The van der Waals surface area contributed by atoms with Gasteiger partial charge in [-0.05, 0) is 18.4 Å². The maximum absolute atomic E-state index is 13.6. The fourth-order valence-electron chi connectivity index (χ4n) is 1.23. The monoisotopic (exact) mass is 225 g/mol. The molecule has 0 N–H and O–H groups in total. The smallest absolute Gasteiger partial charge is 0.134 e. The topological polar surface area (TPSA) is 12.9 Å². The molecule has 1 heterocycles. The molecular formula is C10H8FNS2. The van der Waals surface area contributed by atoms with Crippen LogP contribution >= 0.6 is 23.1 Å². The zero-order valence-electron chi connectivity index (χ0n) is 7.53. The van der Waals surface area contributed by atoms with Crippen LogP contribution in [0.1, 0.15) is 0 Å². The Bertz CT molecular complexity index is 426. The molecule has 0 radical (unpaired) electrons. The summed E-state index contributed by atoms with van der Waals surface area (Å²) in [6.07, 6.45) is 3.63. The van der Waals surface area contributed by atoms with E-state index in [0.717, 1.165) is 9.90 Å². The van der Waals surface area contributed by atoms with Crippen molar-refractivity contribution in [2.75, 3.05) is 6.26 Å². The summed E-state index contributed by atoms with van der Waals surface area (Å²) in [7, 11) is 0. The lowest BCUT2D eigenvalue weighted by atomic mass is 10.2. The van der Waals surface area contributed by atoms with Crippen LogP contribution in [-0.2, 0) is 0 Å². The van der Waals surface area contributed by atoms with Crippen LogP contribution in [-0.4, -0.2) is 11.2 Å². The molecule has 0 bridgehead atoms. The predicted octanol–water partition coefficient (Wildman–Crippen LogP) is 3.67. The van der Waals surface area contributed by atoms with E-state index in [1.54, 1.807) is 12.3 Å². The van der Waals surface area contributed by atoms with Gasteiger partial charge in [0.05, 0.1) is 5.56 Å². The van der Waals surface area contributed by atoms with Crippen LogP contribution in [0.2, 0.25) is 0 Å². The summed E-state index contributed by atoms with van der Waals surface area (Å²) in [5, 5.41) is 2.60. The molecule has 72 valence electrons. The number of thiazole rings is 1. The first-order valence-electron chi connectivity index (χ1n) is 4.05. The highest BCUT2D eigenvalue weighted by molar-refractivity contribution is 7.98. The van der Waals surface area contributed by atoms with Crippen LogP contribution in [0.3, 0.4) is 0 Å². The van der Waals surface area contributed by atoms with E-state index in [2.05, 4.69) is 4.98 Å². The third-order valence-electron chi connectivity index (χ3n) is 1.84. The molecule has 0 fully saturated rings. The highest BCUT2D eigenvalue weighted by Crippen LogP contribution is 2.33. The van der Waals surface area contributed by atoms with Crippen LogP contribution in [0, 0.1) is 5.82 Å². The summed E-state index contributed by atoms with van der Waals surface area (Å²) in [4.78, 5) is 5.05. The van der Waals surface area contributed by atoms with Gasteiger partial charge in [-0.2, -0.15) is 0 Å². The Morgan fingerprint density at radius 1 is 1.43 bits per heavy atom. The van der Waals surface area contributed by atoms with Crippen molar-refractivity contribution in [2.45, 2.75) is 4.90 Å². The van der Waals surface area contributed by atoms with E-state index < -0.39 is 0 Å². The minimum absolute atomic E-state index is 0.202. The molecule has 0 aliphatic heterocycles. The van der Waals surface area contributed by atoms with E-state index in [0.29, 0.717) is 5.56 Å². The van der Waals surface area contributed by atoms with Crippen molar-refractivity contribution in [1.82, 2.24) is 4.98 Å². The first kappa shape index (κ1) is 9.68. The summed E-state index contributed by atoms with van der Waals surface area (Å²) < 4.78 is 13.6. The summed E-state index contributed by atoms with van der Waals surface area (Å²) in [6, 6.07) is 5.10. The van der Waals surface area contributed by atoms with Crippen molar-refractivity contribution in [3.63, 3.8) is 0 Å². The van der Waals surface area contributed by atoms with E-state index in [4.69, 9.17) is 0 Å². The first-order valence-corrected chi connectivity index (χ1v) is 6.15. The zero-order chi connectivity index (χ0) is 9.97. The largest absolute Gasteiger partial charge is 0.244 e. The van der Waals surface area contributed by atoms with Crippen LogP contribution in [0.5, 0.6) is 0 Å². The second-order valence-corrected chi connectivity index (χ2v) is 4.40. The van der Waals surface area contributed by atoms with Crippen molar-refractivity contribution in [3.8, 4) is 10.6 Å². The van der Waals surface area contributed by atoms with Gasteiger partial charge in [-0.3, -0.25) is 0 Å². The van der Waals surface area contributed by atoms with Crippen molar-refractivity contribution < 1.29 is 4.39 Å². The van der Waals surface area contributed by atoms with Gasteiger partial charge in [0.2, 0.25) is 0 Å². The van der Waals surface area contributed by atoms with Gasteiger partial charge in [-0.25, -0.2) is 9.37 Å². The van der Waals surface area contributed by atoms with Gasteiger partial charge in [-0.15, -0.1) is 23.1 Å². The summed E-state index contributed by atoms with van der Waals surface area (Å²) in [5.41, 5.74) is 0.620. The molecule has 0 aliphatic carbocycles. The highest BCUT2D eigenvalue weighted by atomic mass is 32.2. The Labute approximate surface area is 90.0 Å². The normalized spacial score (nSPS) is 10.4. The lowest BCUT2D eigenvalue weighted by Crippen LogP contribution is -1.86. The summed E-state index contributed by atoms with van der Waals surface area (Å²) in [5.74, 6) is -0.202. The second-order valence-electron chi connectivity index (χ2n) is 2.65. The van der Waals surface area contributed by atoms with Crippen LogP contribution in [0.15, 0.2) is 34.7 Å². The maximum Gasteiger partial charge on any atom is 0.134 e. The highest BCUT2D eigenvalue weighted by Gasteiger charge is 2.11. The van der Waals surface area contributed by atoms with Gasteiger partial charge in [0.15, 0.2) is 0 Å². The van der Waals surface area contributed by atoms with E-state index in [1.165, 1.54) is 29.2 Å². The van der Waals surface area contributed by atoms with Crippen molar-refractivity contribution >= 4 is 23.1 Å². The summed E-state index contributed by atoms with van der Waals surface area (Å²) >= 11 is 2.99. The number of benzene rings is 1. The van der Waals surface area contributed by atoms with Crippen molar-refractivity contribution in [1.29, 1.82) is 0 Å². The van der Waals surface area contributed by atoms with E-state index in [-0.39, 0.29) is 5.82 Å². The molecular weight excluding hydrogens is 217 g/mol. The van der Waals surface area contributed by atoms with E-state index in [1.807, 2.05) is 17.7 Å². The molecule has 1 aromatic carbocycles. The molecule has 0 unspecified atom stereocenters. The quantitative estimate of drug-likeness (QED) is 0.723. The Hall–Kier alpha value is -0.870. The average molecular weight is 225 g/mol. The lowest BCUT2D eigenvalue weighted by Gasteiger charge is -2.04. The van der Waals surface area contributed by atoms with Gasteiger partial charge < -0.3 is 0 Å². The molecule has 0 saturated heterocycles. The fraction of sp³-hybridized carbons (Fsp3) is 0.100. The maximum atomic E-state index is 13.6. The minimum Gasteiger partial charge on any atom is -0.244 e. The molecule has 2 aromatic rings. The fourth-order valence-corrected chi connectivity index (χ4v) is 2.60. The van der Waals surface area contributed by atoms with Crippen LogP contribution in [0.4, 0.5) is 4.39 Å². The minimum atomic E-state index is -0.202. The lowest BCUT2D eigenvalue weighted by molar-refractivity contribution is 0.628. The Morgan fingerprint density at radius 2 is 2.29 bits per heavy atom. The van der Waals surface area contributed by atoms with E-state index >= 15 is 0 Å². The first-order chi connectivity index (χ1) is 6.83. The molecule has 0 aliphatic rings. The molecule has 1 aromatic heterocycles. The molecule has 0 spiro atoms. The van der Waals surface area contributed by atoms with Gasteiger partial charge in [-0.1, -0.05) is 6.07 Å². The third kappa shape index (κ3) is 1.67. The third-order valence-corrected chi connectivity index (χ3v) is 3.41. The predicted molar refractivity (Wildman–Crippen MR) is 59.3 cm³/mol. The molecule has 14 heavy (non-hydrogen) atoms. The van der Waals surface area contributed by atoms with Crippen LogP contribution in [0.25, 0.3) is 10.6 Å². The molecule has 0 saturated carbocycles. The summed E-state index contributed by atoms with van der Waals surface area (Å²) in [6.45, 7) is 0. The Balaban J connectivity index is 2.61. The number of hydrogen-bond acceptors (Lipinski definition) is 3. The molecule has 0 amide bonds. The van der Waals surface area contributed by atoms with Crippen LogP contribution < -0.4 is 0 Å². The number of thioether (sulfide) groups is 1. The second kappa shape index (κ2) is 4.11. The number of hydrogen-bond donors (Lipinski definition) is 0. The number of aromatic nitrogens is 1. The standard InChI is InChI=1S/C10H8FNS2/c1-13-8-4-2-3-7(11)9(8)10-12-5-6-14-10/h2-6H,1H3. The molecule has 2 rings (SSSR count). The molecule has 1 nitrogen and oxygen atoms in total. The number of halogens is 1. The Kier molecular flexibility index (Phi) is 2.84. The molecule has 4 heteroatoms. The van der Waals surface area contributed by atoms with Gasteiger partial charge in [0, 0.05) is 16.5 Å². The van der Waals surface area contributed by atoms with Crippen molar-refractivity contribution in [3.05, 3.63) is 35.6 Å². The molecule has 0 atom stereocenters. The van der Waals surface area contributed by atoms with Gasteiger partial charge >= 0.3 is 0 Å². The average Bonchev–Trinajstić information content (AvgIpc) is 2.70. The van der Waals surface area contributed by atoms with E-state index in [9.17, 15) is 4.39 Å². The Morgan fingerprint density at radius 3 is 2.93 bits per heavy atom. The number of nitrogens with zero attached hydrogens (tertiary/aromatic N) is 1. The zero-order valence-corrected chi connectivity index (χ0v) is 9.16. The van der Waals surface area contributed by atoms with Crippen molar-refractivity contribution in [2.24, 2.45) is 0 Å². The SMILES string of the molecule is CSc1cccc(F)c1-c1nccs1.